The molecule has 0 aliphatic heterocycles. The molecule has 6 rings (SSSR count). The van der Waals surface area contributed by atoms with E-state index in [1.54, 1.807) is 0 Å². The first kappa shape index (κ1) is 14.4. The third-order valence-electron chi connectivity index (χ3n) is 5.91. The summed E-state index contributed by atoms with van der Waals surface area (Å²) in [5, 5.41) is 0. The van der Waals surface area contributed by atoms with Crippen molar-refractivity contribution in [2.45, 2.75) is 17.8 Å². The van der Waals surface area contributed by atoms with Gasteiger partial charge in [0.1, 0.15) is 0 Å². The zero-order valence-corrected chi connectivity index (χ0v) is 13.7. The normalized spacial score (nSPS) is 25.9. The van der Waals surface area contributed by atoms with Gasteiger partial charge in [0, 0.05) is 12.1 Å². The Morgan fingerprint density at radius 2 is 1.52 bits per heavy atom. The van der Waals surface area contributed by atoms with Gasteiger partial charge in [-0.25, -0.2) is 0 Å². The zero-order chi connectivity index (χ0) is 17.0. The Labute approximate surface area is 146 Å². The third kappa shape index (κ3) is 1.75. The number of hydrogen-bond donors (Lipinski definition) is 1. The van der Waals surface area contributed by atoms with Crippen molar-refractivity contribution < 1.29 is 4.79 Å². The van der Waals surface area contributed by atoms with Crippen LogP contribution in [-0.4, -0.2) is 10.9 Å². The Bertz CT molecular complexity index is 933. The molecule has 0 radical (unpaired) electrons. The average Bonchev–Trinajstić information content (AvgIpc) is 2.68. The van der Waals surface area contributed by atoms with Crippen molar-refractivity contribution in [2.75, 3.05) is 0 Å². The van der Waals surface area contributed by atoms with E-state index in [1.807, 2.05) is 30.5 Å². The maximum Gasteiger partial charge on any atom is 0.221 e. The molecule has 2 N–H and O–H groups in total. The van der Waals surface area contributed by atoms with Crippen LogP contribution in [0.15, 0.2) is 72.9 Å². The lowest BCUT2D eigenvalue weighted by Gasteiger charge is -2.52. The molecule has 2 aromatic carbocycles. The first-order valence-corrected chi connectivity index (χ1v) is 8.63. The second kappa shape index (κ2) is 5.03. The molecule has 1 unspecified atom stereocenters. The molecule has 0 saturated carbocycles. The van der Waals surface area contributed by atoms with E-state index in [4.69, 9.17) is 10.7 Å². The molecule has 122 valence electrons. The molecule has 3 aliphatic rings. The van der Waals surface area contributed by atoms with Crippen LogP contribution in [0.5, 0.6) is 0 Å². The van der Waals surface area contributed by atoms with Gasteiger partial charge in [0.05, 0.1) is 17.0 Å². The molecule has 3 nitrogen and oxygen atoms in total. The van der Waals surface area contributed by atoms with Crippen LogP contribution in [0.25, 0.3) is 0 Å². The second-order valence-corrected chi connectivity index (χ2v) is 6.99. The van der Waals surface area contributed by atoms with E-state index >= 15 is 0 Å². The van der Waals surface area contributed by atoms with E-state index in [-0.39, 0.29) is 17.7 Å². The van der Waals surface area contributed by atoms with E-state index in [2.05, 4.69) is 42.5 Å². The number of hydrogen-bond acceptors (Lipinski definition) is 2. The molecule has 3 aliphatic carbocycles. The molecule has 25 heavy (non-hydrogen) atoms. The number of primary amides is 1. The second-order valence-electron chi connectivity index (χ2n) is 6.99. The number of nitrogens with zero attached hydrogens (tertiary/aromatic N) is 1. The number of nitrogens with two attached hydrogens (primary N) is 1. The van der Waals surface area contributed by atoms with Gasteiger partial charge >= 0.3 is 0 Å². The van der Waals surface area contributed by atoms with E-state index in [9.17, 15) is 4.79 Å². The summed E-state index contributed by atoms with van der Waals surface area (Å²) in [6.07, 6.45) is 2.51. The molecular formula is C22H18N2O. The van der Waals surface area contributed by atoms with Gasteiger partial charge in [-0.3, -0.25) is 9.78 Å². The Balaban J connectivity index is 1.93. The summed E-state index contributed by atoms with van der Waals surface area (Å²) in [7, 11) is 0. The van der Waals surface area contributed by atoms with Crippen LogP contribution in [-0.2, 0) is 10.2 Å². The van der Waals surface area contributed by atoms with Crippen LogP contribution >= 0.6 is 0 Å². The van der Waals surface area contributed by atoms with Crippen LogP contribution in [0, 0.1) is 5.92 Å². The van der Waals surface area contributed by atoms with Crippen LogP contribution in [0.2, 0.25) is 0 Å². The largest absolute Gasteiger partial charge is 0.369 e. The van der Waals surface area contributed by atoms with Crippen LogP contribution in [0.1, 0.15) is 40.3 Å². The average molecular weight is 326 g/mol. The van der Waals surface area contributed by atoms with E-state index in [0.29, 0.717) is 6.42 Å². The monoisotopic (exact) mass is 326 g/mol. The molecule has 3 aromatic rings. The van der Waals surface area contributed by atoms with Crippen molar-refractivity contribution in [2.24, 2.45) is 11.7 Å². The van der Waals surface area contributed by atoms with Crippen molar-refractivity contribution in [3.63, 3.8) is 0 Å². The predicted molar refractivity (Wildman–Crippen MR) is 96.1 cm³/mol. The summed E-state index contributed by atoms with van der Waals surface area (Å²) in [6.45, 7) is 0. The highest BCUT2D eigenvalue weighted by molar-refractivity contribution is 5.82. The molecule has 0 saturated heterocycles. The first-order chi connectivity index (χ1) is 12.2. The number of rotatable bonds is 2. The number of pyridine rings is 1. The smallest absolute Gasteiger partial charge is 0.221 e. The van der Waals surface area contributed by atoms with Crippen LogP contribution in [0.3, 0.4) is 0 Å². The van der Waals surface area contributed by atoms with Crippen molar-refractivity contribution in [1.29, 1.82) is 0 Å². The molecule has 3 heteroatoms. The summed E-state index contributed by atoms with van der Waals surface area (Å²) in [4.78, 5) is 17.0. The maximum atomic E-state index is 12.3. The summed E-state index contributed by atoms with van der Waals surface area (Å²) >= 11 is 0. The third-order valence-corrected chi connectivity index (χ3v) is 5.91. The fourth-order valence-corrected chi connectivity index (χ4v) is 4.99. The van der Waals surface area contributed by atoms with Crippen LogP contribution in [0.4, 0.5) is 0 Å². The molecule has 2 bridgehead atoms. The van der Waals surface area contributed by atoms with Gasteiger partial charge in [-0.15, -0.1) is 0 Å². The SMILES string of the molecule is NC(=O)C1CC2(c3ccccn3)c3ccccc3C1c1ccccc12. The summed E-state index contributed by atoms with van der Waals surface area (Å²) < 4.78 is 0. The Kier molecular flexibility index (Phi) is 2.90. The number of carbonyl (C=O) groups is 1. The van der Waals surface area contributed by atoms with Gasteiger partial charge in [-0.2, -0.15) is 0 Å². The number of fused-ring (bicyclic) bond motifs is 1. The number of amides is 1. The summed E-state index contributed by atoms with van der Waals surface area (Å²) in [5.74, 6) is -0.406. The lowest BCUT2D eigenvalue weighted by molar-refractivity contribution is -0.123. The zero-order valence-electron chi connectivity index (χ0n) is 13.7. The van der Waals surface area contributed by atoms with Crippen molar-refractivity contribution in [3.05, 3.63) is 101 Å². The highest BCUT2D eigenvalue weighted by Gasteiger charge is 2.55. The van der Waals surface area contributed by atoms with Gasteiger partial charge in [-0.05, 0) is 40.8 Å². The molecular weight excluding hydrogens is 308 g/mol. The summed E-state index contributed by atoms with van der Waals surface area (Å²) in [5.41, 5.74) is 11.4. The van der Waals surface area contributed by atoms with Gasteiger partial charge in [-0.1, -0.05) is 54.6 Å². The molecule has 1 aromatic heterocycles. The Hall–Kier alpha value is -2.94. The predicted octanol–water partition coefficient (Wildman–Crippen LogP) is 3.37. The van der Waals surface area contributed by atoms with Crippen molar-refractivity contribution in [3.8, 4) is 0 Å². The molecule has 1 atom stereocenters. The summed E-state index contributed by atoms with van der Waals surface area (Å²) in [6, 6.07) is 22.9. The highest BCUT2D eigenvalue weighted by Crippen LogP contribution is 2.60. The fourth-order valence-electron chi connectivity index (χ4n) is 4.99. The van der Waals surface area contributed by atoms with E-state index in [0.717, 1.165) is 5.69 Å². The van der Waals surface area contributed by atoms with Gasteiger partial charge in [0.2, 0.25) is 5.91 Å². The molecule has 0 spiro atoms. The van der Waals surface area contributed by atoms with Crippen molar-refractivity contribution >= 4 is 5.91 Å². The Morgan fingerprint density at radius 1 is 0.920 bits per heavy atom. The standard InChI is InChI=1S/C22H18N2O/c23-21(25)16-13-22(19-11-5-6-12-24-19)17-9-3-1-7-14(17)20(16)15-8-2-4-10-18(15)22/h1-12,16,20H,13H2,(H2,23,25). The molecule has 1 heterocycles. The minimum absolute atomic E-state index is 0.0375. The van der Waals surface area contributed by atoms with Gasteiger partial charge in [0.25, 0.3) is 0 Å². The highest BCUT2D eigenvalue weighted by atomic mass is 16.1. The lowest BCUT2D eigenvalue weighted by atomic mass is 9.50. The number of aromatic nitrogens is 1. The quantitative estimate of drug-likeness (QED) is 0.785. The number of benzene rings is 2. The van der Waals surface area contributed by atoms with Crippen LogP contribution < -0.4 is 5.73 Å². The van der Waals surface area contributed by atoms with Gasteiger partial charge < -0.3 is 5.73 Å². The molecule has 1 amide bonds. The fraction of sp³-hybridized carbons (Fsp3) is 0.182. The van der Waals surface area contributed by atoms with E-state index < -0.39 is 5.41 Å². The lowest BCUT2D eigenvalue weighted by Crippen LogP contribution is -2.49. The minimum atomic E-state index is -0.414. The van der Waals surface area contributed by atoms with E-state index in [1.165, 1.54) is 22.3 Å². The van der Waals surface area contributed by atoms with Gasteiger partial charge in [0.15, 0.2) is 0 Å². The van der Waals surface area contributed by atoms with Crippen molar-refractivity contribution in [1.82, 2.24) is 4.98 Å². The number of carbonyl (C=O) groups excluding carboxylic acids is 1. The molecule has 0 fully saturated rings. The minimum Gasteiger partial charge on any atom is -0.369 e. The Morgan fingerprint density at radius 3 is 2.08 bits per heavy atom. The first-order valence-electron chi connectivity index (χ1n) is 8.63. The topological polar surface area (TPSA) is 56.0 Å². The maximum absolute atomic E-state index is 12.3.